The molecule has 0 aliphatic rings. The number of H-pyrrole nitrogens is 1. The summed E-state index contributed by atoms with van der Waals surface area (Å²) in [5.74, 6) is 0.356. The number of carbonyl (C=O) groups is 2. The molecule has 0 spiro atoms. The molecular weight excluding hydrogens is 216 g/mol. The number of nitrogens with zero attached hydrogens (tertiary/aromatic N) is 1. The van der Waals surface area contributed by atoms with Gasteiger partial charge in [-0.25, -0.2) is 0 Å². The van der Waals surface area contributed by atoms with Gasteiger partial charge in [0.25, 0.3) is 0 Å². The third kappa shape index (κ3) is 5.06. The molecule has 15 heavy (non-hydrogen) atoms. The fourth-order valence-corrected chi connectivity index (χ4v) is 1.56. The molecule has 0 aliphatic heterocycles. The molecule has 1 rings (SSSR count). The van der Waals surface area contributed by atoms with E-state index in [1.165, 1.54) is 18.0 Å². The molecule has 1 heterocycles. The van der Waals surface area contributed by atoms with E-state index in [0.29, 0.717) is 17.9 Å². The summed E-state index contributed by atoms with van der Waals surface area (Å²) < 4.78 is 0. The zero-order chi connectivity index (χ0) is 11.1. The van der Waals surface area contributed by atoms with Crippen LogP contribution >= 0.6 is 11.8 Å². The van der Waals surface area contributed by atoms with Crippen LogP contribution in [0.5, 0.6) is 0 Å². The number of amides is 2. The Labute approximate surface area is 91.0 Å². The Morgan fingerprint density at radius 1 is 1.60 bits per heavy atom. The van der Waals surface area contributed by atoms with Gasteiger partial charge in [0.2, 0.25) is 11.8 Å². The maximum Gasteiger partial charge on any atom is 0.227 e. The summed E-state index contributed by atoms with van der Waals surface area (Å²) >= 11 is 1.34. The van der Waals surface area contributed by atoms with Crippen molar-refractivity contribution in [2.45, 2.75) is 6.42 Å². The van der Waals surface area contributed by atoms with E-state index in [-0.39, 0.29) is 17.6 Å². The molecule has 2 amide bonds. The second-order valence-electron chi connectivity index (χ2n) is 2.80. The Balaban J connectivity index is 2.11. The summed E-state index contributed by atoms with van der Waals surface area (Å²) in [6, 6.07) is 0. The first kappa shape index (κ1) is 11.6. The number of primary amides is 1. The fraction of sp³-hybridized carbons (Fsp3) is 0.375. The van der Waals surface area contributed by atoms with Gasteiger partial charge < -0.3 is 11.1 Å². The number of aromatic amines is 1. The molecule has 7 heteroatoms. The van der Waals surface area contributed by atoms with Crippen molar-refractivity contribution in [3.63, 3.8) is 0 Å². The van der Waals surface area contributed by atoms with Crippen LogP contribution in [0.1, 0.15) is 6.42 Å². The lowest BCUT2D eigenvalue weighted by Gasteiger charge is -2.01. The van der Waals surface area contributed by atoms with Gasteiger partial charge in [-0.1, -0.05) is 0 Å². The van der Waals surface area contributed by atoms with Crippen molar-refractivity contribution >= 4 is 29.3 Å². The predicted octanol–water partition coefficient (Wildman–Crippen LogP) is -0.0432. The normalized spacial score (nSPS) is 9.87. The number of rotatable bonds is 6. The second kappa shape index (κ2) is 6.07. The van der Waals surface area contributed by atoms with E-state index in [1.54, 1.807) is 6.20 Å². The highest BCUT2D eigenvalue weighted by Gasteiger charge is 2.03. The molecule has 0 unspecified atom stereocenters. The number of carbonyl (C=O) groups excluding carboxylic acids is 2. The van der Waals surface area contributed by atoms with Crippen LogP contribution in [0.2, 0.25) is 0 Å². The van der Waals surface area contributed by atoms with Crippen LogP contribution in [0.3, 0.4) is 0 Å². The molecule has 0 saturated heterocycles. The van der Waals surface area contributed by atoms with Crippen molar-refractivity contribution in [1.29, 1.82) is 0 Å². The minimum atomic E-state index is -0.366. The topological polar surface area (TPSA) is 101 Å². The standard InChI is InChI=1S/C8H12N4O2S/c9-7(13)5-15-2-1-8(14)12-6-3-10-11-4-6/h3-4H,1-2,5H2,(H2,9,13)(H,10,11)(H,12,14). The van der Waals surface area contributed by atoms with Gasteiger partial charge in [-0.3, -0.25) is 14.7 Å². The van der Waals surface area contributed by atoms with E-state index in [2.05, 4.69) is 15.5 Å². The third-order valence-corrected chi connectivity index (χ3v) is 2.48. The molecule has 0 aliphatic carbocycles. The SMILES string of the molecule is NC(=O)CSCCC(=O)Nc1cn[nH]c1. The van der Waals surface area contributed by atoms with Crippen LogP contribution in [0, 0.1) is 0 Å². The zero-order valence-electron chi connectivity index (χ0n) is 8.03. The maximum absolute atomic E-state index is 11.3. The van der Waals surface area contributed by atoms with Gasteiger partial charge >= 0.3 is 0 Å². The predicted molar refractivity (Wildman–Crippen MR) is 58.4 cm³/mol. The average Bonchev–Trinajstić information content (AvgIpc) is 2.64. The number of aromatic nitrogens is 2. The van der Waals surface area contributed by atoms with Crippen molar-refractivity contribution < 1.29 is 9.59 Å². The number of nitrogens with two attached hydrogens (primary N) is 1. The van der Waals surface area contributed by atoms with E-state index in [1.807, 2.05) is 0 Å². The monoisotopic (exact) mass is 228 g/mol. The van der Waals surface area contributed by atoms with Gasteiger partial charge in [0.15, 0.2) is 0 Å². The van der Waals surface area contributed by atoms with Gasteiger partial charge in [-0.15, -0.1) is 0 Å². The van der Waals surface area contributed by atoms with Crippen molar-refractivity contribution in [1.82, 2.24) is 10.2 Å². The number of hydrogen-bond donors (Lipinski definition) is 3. The van der Waals surface area contributed by atoms with Crippen LogP contribution in [-0.4, -0.2) is 33.5 Å². The number of nitrogens with one attached hydrogen (secondary N) is 2. The minimum absolute atomic E-state index is 0.103. The zero-order valence-corrected chi connectivity index (χ0v) is 8.84. The van der Waals surface area contributed by atoms with Crippen molar-refractivity contribution in [3.05, 3.63) is 12.4 Å². The molecule has 1 aromatic rings. The maximum atomic E-state index is 11.3. The van der Waals surface area contributed by atoms with Gasteiger partial charge in [-0.05, 0) is 0 Å². The van der Waals surface area contributed by atoms with Crippen LogP contribution in [0.15, 0.2) is 12.4 Å². The first-order chi connectivity index (χ1) is 7.18. The molecule has 4 N–H and O–H groups in total. The number of thioether (sulfide) groups is 1. The van der Waals surface area contributed by atoms with Crippen LogP contribution in [0.25, 0.3) is 0 Å². The molecule has 0 bridgehead atoms. The van der Waals surface area contributed by atoms with Crippen molar-refractivity contribution in [2.75, 3.05) is 16.8 Å². The average molecular weight is 228 g/mol. The van der Waals surface area contributed by atoms with E-state index in [0.717, 1.165) is 0 Å². The highest BCUT2D eigenvalue weighted by molar-refractivity contribution is 7.99. The summed E-state index contributed by atoms with van der Waals surface area (Å²) in [7, 11) is 0. The smallest absolute Gasteiger partial charge is 0.227 e. The Morgan fingerprint density at radius 2 is 2.40 bits per heavy atom. The molecular formula is C8H12N4O2S. The van der Waals surface area contributed by atoms with Gasteiger partial charge in [0, 0.05) is 18.4 Å². The summed E-state index contributed by atoms with van der Waals surface area (Å²) in [4.78, 5) is 21.7. The lowest BCUT2D eigenvalue weighted by Crippen LogP contribution is -2.15. The Morgan fingerprint density at radius 3 is 3.00 bits per heavy atom. The van der Waals surface area contributed by atoms with Crippen LogP contribution in [-0.2, 0) is 9.59 Å². The molecule has 1 aromatic heterocycles. The third-order valence-electron chi connectivity index (χ3n) is 1.50. The summed E-state index contributed by atoms with van der Waals surface area (Å²) in [5.41, 5.74) is 5.59. The Hall–Kier alpha value is -1.50. The minimum Gasteiger partial charge on any atom is -0.369 e. The number of anilines is 1. The van der Waals surface area contributed by atoms with Crippen LogP contribution in [0.4, 0.5) is 5.69 Å². The number of hydrogen-bond acceptors (Lipinski definition) is 4. The van der Waals surface area contributed by atoms with Gasteiger partial charge in [-0.2, -0.15) is 16.9 Å². The molecule has 0 aromatic carbocycles. The summed E-state index contributed by atoms with van der Waals surface area (Å²) in [6.45, 7) is 0. The van der Waals surface area contributed by atoms with Gasteiger partial charge in [0.05, 0.1) is 17.6 Å². The summed E-state index contributed by atoms with van der Waals surface area (Å²) in [6.07, 6.45) is 3.46. The second-order valence-corrected chi connectivity index (χ2v) is 3.91. The molecule has 0 fully saturated rings. The largest absolute Gasteiger partial charge is 0.369 e. The summed E-state index contributed by atoms with van der Waals surface area (Å²) in [5, 5.41) is 8.92. The molecule has 6 nitrogen and oxygen atoms in total. The molecule has 0 saturated carbocycles. The quantitative estimate of drug-likeness (QED) is 0.594. The van der Waals surface area contributed by atoms with E-state index < -0.39 is 0 Å². The fourth-order valence-electron chi connectivity index (χ4n) is 0.880. The Kier molecular flexibility index (Phi) is 4.69. The van der Waals surface area contributed by atoms with Crippen molar-refractivity contribution in [2.24, 2.45) is 5.73 Å². The lowest BCUT2D eigenvalue weighted by molar-refractivity contribution is -0.116. The van der Waals surface area contributed by atoms with E-state index in [4.69, 9.17) is 5.73 Å². The molecule has 0 radical (unpaired) electrons. The first-order valence-corrected chi connectivity index (χ1v) is 5.48. The van der Waals surface area contributed by atoms with Crippen LogP contribution < -0.4 is 11.1 Å². The van der Waals surface area contributed by atoms with Crippen molar-refractivity contribution in [3.8, 4) is 0 Å². The first-order valence-electron chi connectivity index (χ1n) is 4.33. The molecule has 82 valence electrons. The molecule has 0 atom stereocenters. The lowest BCUT2D eigenvalue weighted by atomic mass is 10.4. The Bertz CT molecular complexity index is 325. The highest BCUT2D eigenvalue weighted by atomic mass is 32.2. The van der Waals surface area contributed by atoms with E-state index >= 15 is 0 Å². The highest BCUT2D eigenvalue weighted by Crippen LogP contribution is 2.05. The van der Waals surface area contributed by atoms with Gasteiger partial charge in [0.1, 0.15) is 0 Å². The van der Waals surface area contributed by atoms with E-state index in [9.17, 15) is 9.59 Å².